The average Bonchev–Trinajstić information content (AvgIpc) is 2.45. The van der Waals surface area contributed by atoms with Crippen molar-refractivity contribution in [3.63, 3.8) is 0 Å². The van der Waals surface area contributed by atoms with Crippen LogP contribution in [0.2, 0.25) is 0 Å². The Kier molecular flexibility index (Phi) is 3.80. The number of alkyl halides is 3. The molecule has 0 amide bonds. The zero-order chi connectivity index (χ0) is 15.6. The molecule has 2 heterocycles. The minimum atomic E-state index is -4.55. The smallest absolute Gasteiger partial charge is 0.377 e. The standard InChI is InChI=1S/C14H12F3N4/c1-20(2)11-5-7-21(8-6-11)13-10(9-18)3-4-12(19-13)14(15,16)17/h3-8H,1-2H3/q+1. The molecule has 0 fully saturated rings. The SMILES string of the molecule is CN(C)c1cc[n+](-c2nc(C(F)(F)F)ccc2C#N)cc1. The molecule has 0 bridgehead atoms. The van der Waals surface area contributed by atoms with Crippen LogP contribution in [0.15, 0.2) is 36.7 Å². The molecule has 0 unspecified atom stereocenters. The van der Waals surface area contributed by atoms with E-state index in [2.05, 4.69) is 4.98 Å². The zero-order valence-electron chi connectivity index (χ0n) is 11.4. The molecule has 0 atom stereocenters. The van der Waals surface area contributed by atoms with Crippen LogP contribution >= 0.6 is 0 Å². The van der Waals surface area contributed by atoms with Crippen LogP contribution in [0.4, 0.5) is 18.9 Å². The van der Waals surface area contributed by atoms with Crippen molar-refractivity contribution in [3.8, 4) is 11.9 Å². The number of halogens is 3. The van der Waals surface area contributed by atoms with Crippen molar-refractivity contribution >= 4 is 5.69 Å². The van der Waals surface area contributed by atoms with Crippen molar-refractivity contribution in [1.82, 2.24) is 4.98 Å². The number of nitriles is 1. The molecule has 4 nitrogen and oxygen atoms in total. The van der Waals surface area contributed by atoms with Crippen molar-refractivity contribution in [2.24, 2.45) is 0 Å². The summed E-state index contributed by atoms with van der Waals surface area (Å²) in [4.78, 5) is 5.42. The molecule has 0 aromatic carbocycles. The van der Waals surface area contributed by atoms with E-state index in [0.29, 0.717) is 0 Å². The lowest BCUT2D eigenvalue weighted by atomic mass is 10.2. The number of nitrogens with zero attached hydrogens (tertiary/aromatic N) is 4. The Bertz CT molecular complexity index is 685. The Morgan fingerprint density at radius 2 is 1.76 bits per heavy atom. The quantitative estimate of drug-likeness (QED) is 0.798. The average molecular weight is 293 g/mol. The van der Waals surface area contributed by atoms with Crippen molar-refractivity contribution in [1.29, 1.82) is 5.26 Å². The van der Waals surface area contributed by atoms with Gasteiger partial charge in [0.15, 0.2) is 0 Å². The van der Waals surface area contributed by atoms with E-state index in [-0.39, 0.29) is 11.4 Å². The van der Waals surface area contributed by atoms with Gasteiger partial charge in [-0.25, -0.2) is 4.57 Å². The van der Waals surface area contributed by atoms with Gasteiger partial charge < -0.3 is 4.90 Å². The first-order valence-electron chi connectivity index (χ1n) is 6.00. The number of hydrogen-bond donors (Lipinski definition) is 0. The fourth-order valence-electron chi connectivity index (χ4n) is 1.75. The highest BCUT2D eigenvalue weighted by atomic mass is 19.4. The largest absolute Gasteiger partial charge is 0.457 e. The highest BCUT2D eigenvalue weighted by molar-refractivity contribution is 5.43. The number of rotatable bonds is 2. The molecule has 2 rings (SSSR count). The molecule has 2 aromatic heterocycles. The predicted octanol–water partition coefficient (Wildman–Crippen LogP) is 2.31. The monoisotopic (exact) mass is 293 g/mol. The lowest BCUT2D eigenvalue weighted by molar-refractivity contribution is -0.599. The molecule has 0 N–H and O–H groups in total. The summed E-state index contributed by atoms with van der Waals surface area (Å²) in [5.41, 5.74) is -0.0666. The van der Waals surface area contributed by atoms with Gasteiger partial charge in [-0.15, -0.1) is 0 Å². The second kappa shape index (κ2) is 5.40. The third-order valence-electron chi connectivity index (χ3n) is 2.86. The maximum Gasteiger partial charge on any atom is 0.457 e. The second-order valence-electron chi connectivity index (χ2n) is 4.54. The van der Waals surface area contributed by atoms with Crippen LogP contribution in [-0.4, -0.2) is 19.1 Å². The van der Waals surface area contributed by atoms with Crippen LogP contribution in [0.5, 0.6) is 0 Å². The van der Waals surface area contributed by atoms with Gasteiger partial charge in [0.2, 0.25) is 0 Å². The Hall–Kier alpha value is -2.62. The van der Waals surface area contributed by atoms with Crippen molar-refractivity contribution < 1.29 is 17.7 Å². The van der Waals surface area contributed by atoms with Crippen LogP contribution in [-0.2, 0) is 6.18 Å². The first-order valence-corrected chi connectivity index (χ1v) is 6.00. The summed E-state index contributed by atoms with van der Waals surface area (Å²) in [6.07, 6.45) is -1.41. The van der Waals surface area contributed by atoms with Crippen molar-refractivity contribution in [2.75, 3.05) is 19.0 Å². The van der Waals surface area contributed by atoms with E-state index in [9.17, 15) is 13.2 Å². The van der Waals surface area contributed by atoms with Gasteiger partial charge in [-0.2, -0.15) is 18.4 Å². The highest BCUT2D eigenvalue weighted by Crippen LogP contribution is 2.28. The number of aromatic nitrogens is 2. The molecule has 108 valence electrons. The molecule has 0 radical (unpaired) electrons. The Morgan fingerprint density at radius 3 is 2.24 bits per heavy atom. The summed E-state index contributed by atoms with van der Waals surface area (Å²) >= 11 is 0. The molecule has 0 aliphatic carbocycles. The first-order chi connectivity index (χ1) is 9.82. The Labute approximate surface area is 119 Å². The molecule has 21 heavy (non-hydrogen) atoms. The van der Waals surface area contributed by atoms with E-state index < -0.39 is 11.9 Å². The molecule has 0 aliphatic rings. The number of pyridine rings is 2. The summed E-state index contributed by atoms with van der Waals surface area (Å²) in [6, 6.07) is 7.22. The minimum absolute atomic E-state index is 0.0439. The van der Waals surface area contributed by atoms with Crippen LogP contribution in [0.3, 0.4) is 0 Å². The topological polar surface area (TPSA) is 43.8 Å². The maximum absolute atomic E-state index is 12.7. The Balaban J connectivity index is 2.53. The van der Waals surface area contributed by atoms with Crippen LogP contribution < -0.4 is 9.47 Å². The third kappa shape index (κ3) is 3.11. The van der Waals surface area contributed by atoms with E-state index in [4.69, 9.17) is 5.26 Å². The van der Waals surface area contributed by atoms with Gasteiger partial charge in [-0.1, -0.05) is 0 Å². The summed E-state index contributed by atoms with van der Waals surface area (Å²) in [5, 5.41) is 9.02. The molecule has 0 saturated carbocycles. The maximum atomic E-state index is 12.7. The van der Waals surface area contributed by atoms with E-state index in [1.807, 2.05) is 25.1 Å². The van der Waals surface area contributed by atoms with Crippen molar-refractivity contribution in [2.45, 2.75) is 6.18 Å². The molecule has 2 aromatic rings. The third-order valence-corrected chi connectivity index (χ3v) is 2.86. The van der Waals surface area contributed by atoms with Gasteiger partial charge in [-0.05, 0) is 17.1 Å². The predicted molar refractivity (Wildman–Crippen MR) is 69.8 cm³/mol. The lowest BCUT2D eigenvalue weighted by Crippen LogP contribution is -2.33. The van der Waals surface area contributed by atoms with Crippen molar-refractivity contribution in [3.05, 3.63) is 47.9 Å². The zero-order valence-corrected chi connectivity index (χ0v) is 11.4. The van der Waals surface area contributed by atoms with Gasteiger partial charge in [-0.3, -0.25) is 0 Å². The van der Waals surface area contributed by atoms with Gasteiger partial charge in [0.05, 0.1) is 12.4 Å². The molecule has 0 spiro atoms. The fraction of sp³-hybridized carbons (Fsp3) is 0.214. The van der Waals surface area contributed by atoms with E-state index in [0.717, 1.165) is 17.8 Å². The summed E-state index contributed by atoms with van der Waals surface area (Å²) < 4.78 is 39.6. The number of anilines is 1. The van der Waals surface area contributed by atoms with Crippen LogP contribution in [0.1, 0.15) is 11.3 Å². The first kappa shape index (κ1) is 14.8. The van der Waals surface area contributed by atoms with E-state index in [1.54, 1.807) is 24.5 Å². The highest BCUT2D eigenvalue weighted by Gasteiger charge is 2.38. The molecular formula is C14H12F3N4+. The normalized spacial score (nSPS) is 11.0. The Morgan fingerprint density at radius 1 is 1.14 bits per heavy atom. The number of hydrogen-bond acceptors (Lipinski definition) is 3. The summed E-state index contributed by atoms with van der Waals surface area (Å²) in [5.74, 6) is -0.0439. The molecule has 0 aliphatic heterocycles. The van der Waals surface area contributed by atoms with Gasteiger partial charge in [0.1, 0.15) is 11.6 Å². The lowest BCUT2D eigenvalue weighted by Gasteiger charge is -2.11. The van der Waals surface area contributed by atoms with Gasteiger partial charge in [0, 0.05) is 31.9 Å². The molecule has 0 saturated heterocycles. The summed E-state index contributed by atoms with van der Waals surface area (Å²) in [7, 11) is 3.70. The summed E-state index contributed by atoms with van der Waals surface area (Å²) in [6.45, 7) is 0. The second-order valence-corrected chi connectivity index (χ2v) is 4.54. The minimum Gasteiger partial charge on any atom is -0.377 e. The molecular weight excluding hydrogens is 281 g/mol. The van der Waals surface area contributed by atoms with Gasteiger partial charge in [0.25, 0.3) is 5.69 Å². The van der Waals surface area contributed by atoms with Gasteiger partial charge >= 0.3 is 12.0 Å². The van der Waals surface area contributed by atoms with Crippen LogP contribution in [0, 0.1) is 11.3 Å². The van der Waals surface area contributed by atoms with E-state index >= 15 is 0 Å². The fourth-order valence-corrected chi connectivity index (χ4v) is 1.75. The van der Waals surface area contributed by atoms with E-state index in [1.165, 1.54) is 4.57 Å². The van der Waals surface area contributed by atoms with Crippen LogP contribution in [0.25, 0.3) is 5.82 Å². The molecule has 7 heteroatoms.